The second kappa shape index (κ2) is 5.90. The molecule has 1 aliphatic rings. The lowest BCUT2D eigenvalue weighted by atomic mass is 10.1. The van der Waals surface area contributed by atoms with Gasteiger partial charge in [0.1, 0.15) is 6.04 Å². The van der Waals surface area contributed by atoms with Crippen molar-refractivity contribution >= 4 is 17.6 Å². The zero-order valence-corrected chi connectivity index (χ0v) is 11.6. The summed E-state index contributed by atoms with van der Waals surface area (Å²) in [5.74, 6) is -1.29. The van der Waals surface area contributed by atoms with Crippen LogP contribution >= 0.6 is 0 Å². The fraction of sp³-hybridized carbons (Fsp3) is 0.429. The Bertz CT molecular complexity index is 565. The molecule has 0 heterocycles. The second-order valence-electron chi connectivity index (χ2n) is 5.15. The van der Waals surface area contributed by atoms with Crippen LogP contribution < -0.4 is 0 Å². The van der Waals surface area contributed by atoms with E-state index in [1.807, 2.05) is 0 Å². The molecule has 21 heavy (non-hydrogen) atoms. The highest BCUT2D eigenvalue weighted by Crippen LogP contribution is 2.29. The Morgan fingerprint density at radius 3 is 2.38 bits per heavy atom. The fourth-order valence-electron chi connectivity index (χ4n) is 2.21. The lowest BCUT2D eigenvalue weighted by Crippen LogP contribution is -2.45. The van der Waals surface area contributed by atoms with Gasteiger partial charge in [-0.3, -0.25) is 14.9 Å². The molecule has 0 saturated heterocycles. The SMILES string of the molecule is CC(C(=O)O)N(C(=O)Cc1ccc([N+](=O)[O-])cc1)C1CC1. The molecule has 0 spiro atoms. The van der Waals surface area contributed by atoms with Gasteiger partial charge in [0.2, 0.25) is 5.91 Å². The monoisotopic (exact) mass is 292 g/mol. The van der Waals surface area contributed by atoms with Crippen molar-refractivity contribution in [3.05, 3.63) is 39.9 Å². The summed E-state index contributed by atoms with van der Waals surface area (Å²) >= 11 is 0. The van der Waals surface area contributed by atoms with Crippen LogP contribution in [0.2, 0.25) is 0 Å². The van der Waals surface area contributed by atoms with Gasteiger partial charge in [0.15, 0.2) is 0 Å². The maximum absolute atomic E-state index is 12.3. The van der Waals surface area contributed by atoms with Crippen LogP contribution in [0.3, 0.4) is 0 Å². The number of aliphatic carboxylic acids is 1. The summed E-state index contributed by atoms with van der Waals surface area (Å²) < 4.78 is 0. The number of rotatable bonds is 6. The Hall–Kier alpha value is -2.44. The molecular weight excluding hydrogens is 276 g/mol. The van der Waals surface area contributed by atoms with Crippen molar-refractivity contribution in [1.82, 2.24) is 4.90 Å². The number of carboxylic acid groups (broad SMARTS) is 1. The van der Waals surface area contributed by atoms with E-state index in [1.165, 1.54) is 36.1 Å². The first-order valence-corrected chi connectivity index (χ1v) is 6.67. The van der Waals surface area contributed by atoms with E-state index in [1.54, 1.807) is 0 Å². The van der Waals surface area contributed by atoms with Gasteiger partial charge in [-0.2, -0.15) is 0 Å². The molecule has 1 fully saturated rings. The Kier molecular flexibility index (Phi) is 4.21. The number of carbonyl (C=O) groups excluding carboxylic acids is 1. The molecule has 0 radical (unpaired) electrons. The number of hydrogen-bond donors (Lipinski definition) is 1. The molecule has 0 aromatic heterocycles. The van der Waals surface area contributed by atoms with Crippen molar-refractivity contribution in [2.24, 2.45) is 0 Å². The van der Waals surface area contributed by atoms with E-state index in [9.17, 15) is 19.7 Å². The normalized spacial score (nSPS) is 15.3. The zero-order chi connectivity index (χ0) is 15.6. The number of carboxylic acids is 1. The summed E-state index contributed by atoms with van der Waals surface area (Å²) in [4.78, 5) is 34.8. The van der Waals surface area contributed by atoms with Gasteiger partial charge in [-0.25, -0.2) is 4.79 Å². The van der Waals surface area contributed by atoms with Crippen LogP contribution in [-0.2, 0) is 16.0 Å². The smallest absolute Gasteiger partial charge is 0.326 e. The number of hydrogen-bond acceptors (Lipinski definition) is 4. The average Bonchev–Trinajstić information content (AvgIpc) is 3.24. The standard InChI is InChI=1S/C14H16N2O5/c1-9(14(18)19)15(11-6-7-11)13(17)8-10-2-4-12(5-3-10)16(20)21/h2-5,9,11H,6-8H2,1H3,(H,18,19). The quantitative estimate of drug-likeness (QED) is 0.634. The molecule has 2 rings (SSSR count). The molecule has 1 atom stereocenters. The first-order chi connectivity index (χ1) is 9.90. The van der Waals surface area contributed by atoms with Crippen LogP contribution in [0.1, 0.15) is 25.3 Å². The molecule has 1 aromatic carbocycles. The summed E-state index contributed by atoms with van der Waals surface area (Å²) in [5, 5.41) is 19.6. The van der Waals surface area contributed by atoms with Gasteiger partial charge in [-0.1, -0.05) is 12.1 Å². The Labute approximate surface area is 121 Å². The number of nitro groups is 1. The molecule has 1 amide bonds. The first-order valence-electron chi connectivity index (χ1n) is 6.67. The zero-order valence-electron chi connectivity index (χ0n) is 11.6. The highest BCUT2D eigenvalue weighted by atomic mass is 16.6. The van der Waals surface area contributed by atoms with Gasteiger partial charge in [0.25, 0.3) is 5.69 Å². The van der Waals surface area contributed by atoms with E-state index in [4.69, 9.17) is 5.11 Å². The maximum atomic E-state index is 12.3. The largest absolute Gasteiger partial charge is 0.480 e. The predicted molar refractivity (Wildman–Crippen MR) is 73.8 cm³/mol. The van der Waals surface area contributed by atoms with Gasteiger partial charge in [-0.15, -0.1) is 0 Å². The molecule has 7 heteroatoms. The lowest BCUT2D eigenvalue weighted by molar-refractivity contribution is -0.384. The molecule has 112 valence electrons. The molecule has 0 bridgehead atoms. The van der Waals surface area contributed by atoms with Crippen molar-refractivity contribution in [1.29, 1.82) is 0 Å². The molecule has 1 N–H and O–H groups in total. The first kappa shape index (κ1) is 15.0. The topological polar surface area (TPSA) is 101 Å². The van der Waals surface area contributed by atoms with Crippen molar-refractivity contribution < 1.29 is 19.6 Å². The van der Waals surface area contributed by atoms with E-state index in [-0.39, 0.29) is 24.1 Å². The minimum Gasteiger partial charge on any atom is -0.480 e. The van der Waals surface area contributed by atoms with Crippen LogP contribution in [0, 0.1) is 10.1 Å². The van der Waals surface area contributed by atoms with Crippen LogP contribution in [0.5, 0.6) is 0 Å². The van der Waals surface area contributed by atoms with Crippen molar-refractivity contribution in [3.8, 4) is 0 Å². The third kappa shape index (κ3) is 3.56. The fourth-order valence-corrected chi connectivity index (χ4v) is 2.21. The van der Waals surface area contributed by atoms with Gasteiger partial charge in [-0.05, 0) is 25.3 Å². The number of benzene rings is 1. The number of nitro benzene ring substituents is 1. The van der Waals surface area contributed by atoms with Crippen LogP contribution in [-0.4, -0.2) is 38.9 Å². The van der Waals surface area contributed by atoms with Crippen LogP contribution in [0.25, 0.3) is 0 Å². The van der Waals surface area contributed by atoms with Crippen molar-refractivity contribution in [3.63, 3.8) is 0 Å². The van der Waals surface area contributed by atoms with Crippen molar-refractivity contribution in [2.75, 3.05) is 0 Å². The highest BCUT2D eigenvalue weighted by molar-refractivity contribution is 5.85. The number of carbonyl (C=O) groups is 2. The van der Waals surface area contributed by atoms with Gasteiger partial charge < -0.3 is 10.0 Å². The highest BCUT2D eigenvalue weighted by Gasteiger charge is 2.38. The maximum Gasteiger partial charge on any atom is 0.326 e. The van der Waals surface area contributed by atoms with Gasteiger partial charge in [0.05, 0.1) is 11.3 Å². The summed E-state index contributed by atoms with van der Waals surface area (Å²) in [5.41, 5.74) is 0.595. The van der Waals surface area contributed by atoms with E-state index in [0.717, 1.165) is 12.8 Å². The van der Waals surface area contributed by atoms with E-state index < -0.39 is 16.9 Å². The second-order valence-corrected chi connectivity index (χ2v) is 5.15. The third-order valence-corrected chi connectivity index (χ3v) is 3.51. The molecule has 0 aliphatic heterocycles. The number of amides is 1. The van der Waals surface area contributed by atoms with Gasteiger partial charge in [0, 0.05) is 18.2 Å². The number of nitrogens with zero attached hydrogens (tertiary/aromatic N) is 2. The Morgan fingerprint density at radius 1 is 1.38 bits per heavy atom. The van der Waals surface area contributed by atoms with Gasteiger partial charge >= 0.3 is 5.97 Å². The summed E-state index contributed by atoms with van der Waals surface area (Å²) in [6.07, 6.45) is 1.69. The Balaban J connectivity index is 2.08. The number of non-ortho nitro benzene ring substituents is 1. The average molecular weight is 292 g/mol. The minimum absolute atomic E-state index is 0.00153. The molecule has 7 nitrogen and oxygen atoms in total. The lowest BCUT2D eigenvalue weighted by Gasteiger charge is -2.26. The van der Waals surface area contributed by atoms with E-state index >= 15 is 0 Å². The summed E-state index contributed by atoms with van der Waals surface area (Å²) in [7, 11) is 0. The predicted octanol–water partition coefficient (Wildman–Crippen LogP) is 1.60. The van der Waals surface area contributed by atoms with Crippen molar-refractivity contribution in [2.45, 2.75) is 38.3 Å². The molecule has 1 aliphatic carbocycles. The summed E-state index contributed by atoms with van der Waals surface area (Å²) in [6.45, 7) is 1.49. The Morgan fingerprint density at radius 2 is 1.95 bits per heavy atom. The molecule has 1 unspecified atom stereocenters. The molecular formula is C14H16N2O5. The summed E-state index contributed by atoms with van der Waals surface area (Å²) in [6, 6.07) is 4.86. The molecule has 1 saturated carbocycles. The van der Waals surface area contributed by atoms with Crippen LogP contribution in [0.4, 0.5) is 5.69 Å². The minimum atomic E-state index is -1.03. The van der Waals surface area contributed by atoms with E-state index in [0.29, 0.717) is 5.56 Å². The van der Waals surface area contributed by atoms with E-state index in [2.05, 4.69) is 0 Å². The third-order valence-electron chi connectivity index (χ3n) is 3.51. The molecule has 1 aromatic rings. The van der Waals surface area contributed by atoms with Crippen LogP contribution in [0.15, 0.2) is 24.3 Å².